The summed E-state index contributed by atoms with van der Waals surface area (Å²) < 4.78 is 0. The van der Waals surface area contributed by atoms with Crippen molar-refractivity contribution in [3.05, 3.63) is 102 Å². The largest absolute Gasteiger partial charge is 0.331 e. The van der Waals surface area contributed by atoms with Crippen LogP contribution in [0.5, 0.6) is 0 Å². The van der Waals surface area contributed by atoms with E-state index >= 15 is 0 Å². The molecule has 5 heteroatoms. The van der Waals surface area contributed by atoms with Crippen LogP contribution >= 0.6 is 11.8 Å². The number of amides is 1. The maximum absolute atomic E-state index is 12.7. The highest BCUT2D eigenvalue weighted by Crippen LogP contribution is 2.28. The highest BCUT2D eigenvalue weighted by Gasteiger charge is 2.31. The van der Waals surface area contributed by atoms with Gasteiger partial charge in [0.25, 0.3) is 5.91 Å². The third kappa shape index (κ3) is 4.43. The molecule has 28 heavy (non-hydrogen) atoms. The van der Waals surface area contributed by atoms with E-state index in [4.69, 9.17) is 4.99 Å². The number of para-hydroxylation sites is 1. The Balaban J connectivity index is 1.58. The van der Waals surface area contributed by atoms with Crippen molar-refractivity contribution in [2.75, 3.05) is 5.75 Å². The lowest BCUT2D eigenvalue weighted by atomic mass is 10.2. The van der Waals surface area contributed by atoms with Gasteiger partial charge in [-0.15, -0.1) is 0 Å². The number of nitrogens with zero attached hydrogens (tertiary/aromatic N) is 2. The molecule has 1 aliphatic heterocycles. The van der Waals surface area contributed by atoms with Crippen LogP contribution in [-0.4, -0.2) is 27.9 Å². The summed E-state index contributed by atoms with van der Waals surface area (Å²) in [5.74, 6) is 0.696. The van der Waals surface area contributed by atoms with Crippen molar-refractivity contribution in [3.63, 3.8) is 0 Å². The van der Waals surface area contributed by atoms with Crippen LogP contribution in [0.25, 0.3) is 0 Å². The predicted octanol–water partition coefficient (Wildman–Crippen LogP) is 4.68. The molecule has 0 saturated carbocycles. The second-order valence-electron chi connectivity index (χ2n) is 6.51. The van der Waals surface area contributed by atoms with Crippen molar-refractivity contribution >= 4 is 28.5 Å². The van der Waals surface area contributed by atoms with Gasteiger partial charge in [-0.25, -0.2) is 4.99 Å². The van der Waals surface area contributed by atoms with Gasteiger partial charge in [0.2, 0.25) is 0 Å². The molecule has 1 heterocycles. The molecule has 4 nitrogen and oxygen atoms in total. The first-order valence-corrected chi connectivity index (χ1v) is 10.2. The average Bonchev–Trinajstić information content (AvgIpc) is 3.11. The first-order chi connectivity index (χ1) is 13.8. The van der Waals surface area contributed by atoms with E-state index in [0.717, 1.165) is 16.6 Å². The maximum Gasteiger partial charge on any atom is 0.252 e. The summed E-state index contributed by atoms with van der Waals surface area (Å²) in [7, 11) is 0. The summed E-state index contributed by atoms with van der Waals surface area (Å²) in [6.07, 6.45) is -0.111. The van der Waals surface area contributed by atoms with Crippen molar-refractivity contribution < 1.29 is 4.79 Å². The van der Waals surface area contributed by atoms with Crippen molar-refractivity contribution in [1.29, 1.82) is 0 Å². The van der Waals surface area contributed by atoms with Crippen LogP contribution in [-0.2, 0) is 6.54 Å². The Kier molecular flexibility index (Phi) is 5.73. The molecule has 1 amide bonds. The zero-order chi connectivity index (χ0) is 19.2. The molecule has 0 radical (unpaired) electrons. The number of amidine groups is 1. The molecule has 140 valence electrons. The second-order valence-corrected chi connectivity index (χ2v) is 7.50. The topological polar surface area (TPSA) is 44.7 Å². The number of hydrogen-bond acceptors (Lipinski definition) is 3. The van der Waals surface area contributed by atoms with Crippen LogP contribution in [0, 0.1) is 0 Å². The Morgan fingerprint density at radius 1 is 0.929 bits per heavy atom. The molecular formula is C23H21N3OS. The molecule has 3 aromatic carbocycles. The number of thioether (sulfide) groups is 1. The lowest BCUT2D eigenvalue weighted by Gasteiger charge is -2.27. The van der Waals surface area contributed by atoms with E-state index in [9.17, 15) is 4.79 Å². The minimum absolute atomic E-state index is 0.0646. The molecule has 4 rings (SSSR count). The number of carbonyl (C=O) groups excluding carboxylic acids is 1. The number of carbonyl (C=O) groups is 1. The maximum atomic E-state index is 12.7. The third-order valence-electron chi connectivity index (χ3n) is 4.50. The van der Waals surface area contributed by atoms with Gasteiger partial charge in [-0.05, 0) is 29.8 Å². The predicted molar refractivity (Wildman–Crippen MR) is 116 cm³/mol. The summed E-state index contributed by atoms with van der Waals surface area (Å²) in [6, 6.07) is 29.5. The van der Waals surface area contributed by atoms with E-state index in [-0.39, 0.29) is 12.1 Å². The van der Waals surface area contributed by atoms with Gasteiger partial charge in [-0.2, -0.15) is 0 Å². The van der Waals surface area contributed by atoms with Gasteiger partial charge in [0.1, 0.15) is 6.17 Å². The van der Waals surface area contributed by atoms with Gasteiger partial charge in [0.05, 0.1) is 5.69 Å². The van der Waals surface area contributed by atoms with Crippen LogP contribution in [0.3, 0.4) is 0 Å². The van der Waals surface area contributed by atoms with E-state index < -0.39 is 0 Å². The monoisotopic (exact) mass is 387 g/mol. The summed E-state index contributed by atoms with van der Waals surface area (Å²) in [4.78, 5) is 19.7. The van der Waals surface area contributed by atoms with Crippen LogP contribution in [0.2, 0.25) is 0 Å². The summed E-state index contributed by atoms with van der Waals surface area (Å²) in [6.45, 7) is 0.694. The number of nitrogens with one attached hydrogen (secondary N) is 1. The van der Waals surface area contributed by atoms with E-state index in [0.29, 0.717) is 12.1 Å². The van der Waals surface area contributed by atoms with Crippen LogP contribution in [0.4, 0.5) is 5.69 Å². The Morgan fingerprint density at radius 3 is 2.21 bits per heavy atom. The Bertz CT molecular complexity index is 945. The molecular weight excluding hydrogens is 366 g/mol. The van der Waals surface area contributed by atoms with Gasteiger partial charge in [-0.1, -0.05) is 78.5 Å². The lowest BCUT2D eigenvalue weighted by Crippen LogP contribution is -2.46. The first kappa shape index (κ1) is 18.3. The molecule has 1 saturated heterocycles. The van der Waals surface area contributed by atoms with Gasteiger partial charge >= 0.3 is 0 Å². The van der Waals surface area contributed by atoms with Crippen LogP contribution in [0.15, 0.2) is 96.0 Å². The van der Waals surface area contributed by atoms with Crippen molar-refractivity contribution in [1.82, 2.24) is 10.2 Å². The number of benzene rings is 3. The quantitative estimate of drug-likeness (QED) is 0.691. The minimum atomic E-state index is -0.111. The molecule has 0 aliphatic carbocycles. The molecule has 3 aromatic rings. The zero-order valence-electron chi connectivity index (χ0n) is 15.4. The van der Waals surface area contributed by atoms with Crippen molar-refractivity contribution in [3.8, 4) is 0 Å². The molecule has 1 aliphatic rings. The molecule has 0 spiro atoms. The fourth-order valence-corrected chi connectivity index (χ4v) is 4.17. The number of aliphatic imine (C=N–C) groups is 1. The Labute approximate surface area is 169 Å². The second kappa shape index (κ2) is 8.76. The van der Waals surface area contributed by atoms with Gasteiger partial charge in [-0.3, -0.25) is 4.79 Å². The van der Waals surface area contributed by atoms with Gasteiger partial charge < -0.3 is 10.2 Å². The normalized spacial score (nSPS) is 17.6. The number of rotatable bonds is 5. The van der Waals surface area contributed by atoms with Crippen molar-refractivity contribution in [2.45, 2.75) is 12.7 Å². The lowest BCUT2D eigenvalue weighted by molar-refractivity contribution is 0.0910. The van der Waals surface area contributed by atoms with Gasteiger partial charge in [0, 0.05) is 17.9 Å². The molecule has 0 bridgehead atoms. The third-order valence-corrected chi connectivity index (χ3v) is 5.57. The zero-order valence-corrected chi connectivity index (χ0v) is 16.2. The highest BCUT2D eigenvalue weighted by atomic mass is 32.2. The molecule has 1 atom stereocenters. The Hall–Kier alpha value is -3.05. The molecule has 1 unspecified atom stereocenters. The fourth-order valence-electron chi connectivity index (χ4n) is 3.07. The Morgan fingerprint density at radius 2 is 1.54 bits per heavy atom. The van der Waals surface area contributed by atoms with E-state index in [1.165, 1.54) is 5.56 Å². The number of hydrogen-bond donors (Lipinski definition) is 1. The van der Waals surface area contributed by atoms with Crippen LogP contribution in [0.1, 0.15) is 15.9 Å². The average molecular weight is 388 g/mol. The van der Waals surface area contributed by atoms with E-state index in [1.807, 2.05) is 78.9 Å². The molecule has 1 fully saturated rings. The SMILES string of the molecule is O=C(NC1CSC(=Nc2ccccc2)N1Cc1ccccc1)c1ccccc1. The van der Waals surface area contributed by atoms with E-state index in [2.05, 4.69) is 22.3 Å². The summed E-state index contributed by atoms with van der Waals surface area (Å²) >= 11 is 1.67. The molecule has 0 aromatic heterocycles. The summed E-state index contributed by atoms with van der Waals surface area (Å²) in [5.41, 5.74) is 2.77. The fraction of sp³-hybridized carbons (Fsp3) is 0.130. The molecule has 1 N–H and O–H groups in total. The van der Waals surface area contributed by atoms with Gasteiger partial charge in [0.15, 0.2) is 5.17 Å². The smallest absolute Gasteiger partial charge is 0.252 e. The van der Waals surface area contributed by atoms with Crippen LogP contribution < -0.4 is 5.32 Å². The first-order valence-electron chi connectivity index (χ1n) is 9.22. The standard InChI is InChI=1S/C23H21N3OS/c27-22(19-12-6-2-7-13-19)25-21-17-28-23(24-20-14-8-3-9-15-20)26(21)16-18-10-4-1-5-11-18/h1-15,21H,16-17H2,(H,25,27). The summed E-state index contributed by atoms with van der Waals surface area (Å²) in [5, 5.41) is 4.09. The minimum Gasteiger partial charge on any atom is -0.331 e. The van der Waals surface area contributed by atoms with Crippen molar-refractivity contribution in [2.24, 2.45) is 4.99 Å². The van der Waals surface area contributed by atoms with E-state index in [1.54, 1.807) is 11.8 Å². The highest BCUT2D eigenvalue weighted by molar-refractivity contribution is 8.14.